The summed E-state index contributed by atoms with van der Waals surface area (Å²) in [5, 5.41) is 0. The Labute approximate surface area is 76.1 Å². The molecular formula is C11H20O. The van der Waals surface area contributed by atoms with E-state index in [1.807, 2.05) is 13.0 Å². The van der Waals surface area contributed by atoms with Crippen molar-refractivity contribution in [2.24, 2.45) is 0 Å². The van der Waals surface area contributed by atoms with Crippen molar-refractivity contribution in [2.45, 2.75) is 33.1 Å². The monoisotopic (exact) mass is 168 g/mol. The zero-order valence-corrected chi connectivity index (χ0v) is 8.31. The predicted molar refractivity (Wildman–Crippen MR) is 54.3 cm³/mol. The van der Waals surface area contributed by atoms with E-state index in [9.17, 15) is 0 Å². The lowest BCUT2D eigenvalue weighted by molar-refractivity contribution is 0.168. The topological polar surface area (TPSA) is 9.23 Å². The van der Waals surface area contributed by atoms with Crippen molar-refractivity contribution in [2.75, 3.05) is 13.2 Å². The summed E-state index contributed by atoms with van der Waals surface area (Å²) in [5.74, 6) is 0. The Bertz CT molecular complexity index is 126. The number of allylic oxidation sites excluding steroid dienone is 2. The highest BCUT2D eigenvalue weighted by Gasteiger charge is 1.94. The van der Waals surface area contributed by atoms with E-state index in [4.69, 9.17) is 4.74 Å². The van der Waals surface area contributed by atoms with Crippen molar-refractivity contribution < 1.29 is 4.74 Å². The Kier molecular flexibility index (Phi) is 8.14. The second-order valence-corrected chi connectivity index (χ2v) is 2.80. The Hall–Kier alpha value is -0.560. The zero-order valence-electron chi connectivity index (χ0n) is 8.31. The van der Waals surface area contributed by atoms with Crippen LogP contribution in [0.4, 0.5) is 0 Å². The van der Waals surface area contributed by atoms with Gasteiger partial charge in [-0.1, -0.05) is 32.1 Å². The van der Waals surface area contributed by atoms with Crippen molar-refractivity contribution in [3.8, 4) is 0 Å². The van der Waals surface area contributed by atoms with Crippen LogP contribution in [0.1, 0.15) is 33.1 Å². The van der Waals surface area contributed by atoms with Gasteiger partial charge in [0, 0.05) is 6.61 Å². The molecule has 0 radical (unpaired) electrons. The van der Waals surface area contributed by atoms with Gasteiger partial charge in [-0.2, -0.15) is 0 Å². The maximum atomic E-state index is 5.33. The SMILES string of the molecule is C=CC=C(CCCC)COCC. The van der Waals surface area contributed by atoms with Gasteiger partial charge in [-0.15, -0.1) is 0 Å². The third-order valence-corrected chi connectivity index (χ3v) is 1.70. The van der Waals surface area contributed by atoms with E-state index in [0.29, 0.717) is 0 Å². The Balaban J connectivity index is 3.70. The highest BCUT2D eigenvalue weighted by Crippen LogP contribution is 2.07. The molecule has 0 aromatic carbocycles. The summed E-state index contributed by atoms with van der Waals surface area (Å²) in [6, 6.07) is 0. The first-order chi connectivity index (χ1) is 5.85. The zero-order chi connectivity index (χ0) is 9.23. The van der Waals surface area contributed by atoms with Crippen LogP contribution < -0.4 is 0 Å². The molecule has 70 valence electrons. The Morgan fingerprint density at radius 3 is 2.67 bits per heavy atom. The average Bonchev–Trinajstić information content (AvgIpc) is 2.10. The minimum Gasteiger partial charge on any atom is -0.377 e. The first-order valence-corrected chi connectivity index (χ1v) is 4.73. The third-order valence-electron chi connectivity index (χ3n) is 1.70. The van der Waals surface area contributed by atoms with Gasteiger partial charge in [0.25, 0.3) is 0 Å². The summed E-state index contributed by atoms with van der Waals surface area (Å²) in [4.78, 5) is 0. The van der Waals surface area contributed by atoms with Crippen molar-refractivity contribution in [3.63, 3.8) is 0 Å². The van der Waals surface area contributed by atoms with Crippen LogP contribution in [0.2, 0.25) is 0 Å². The molecule has 1 heteroatoms. The number of hydrogen-bond acceptors (Lipinski definition) is 1. The molecule has 0 saturated heterocycles. The number of ether oxygens (including phenoxy) is 1. The molecule has 0 N–H and O–H groups in total. The second-order valence-electron chi connectivity index (χ2n) is 2.80. The number of rotatable bonds is 7. The van der Waals surface area contributed by atoms with E-state index in [0.717, 1.165) is 19.6 Å². The third kappa shape index (κ3) is 6.17. The van der Waals surface area contributed by atoms with Gasteiger partial charge < -0.3 is 4.74 Å². The first-order valence-electron chi connectivity index (χ1n) is 4.73. The van der Waals surface area contributed by atoms with Gasteiger partial charge in [0.15, 0.2) is 0 Å². The fraction of sp³-hybridized carbons (Fsp3) is 0.636. The van der Waals surface area contributed by atoms with Crippen LogP contribution in [-0.4, -0.2) is 13.2 Å². The summed E-state index contributed by atoms with van der Waals surface area (Å²) in [6.07, 6.45) is 7.52. The number of hydrogen-bond donors (Lipinski definition) is 0. The van der Waals surface area contributed by atoms with E-state index in [2.05, 4.69) is 19.6 Å². The van der Waals surface area contributed by atoms with Crippen LogP contribution in [0.15, 0.2) is 24.3 Å². The lowest BCUT2D eigenvalue weighted by atomic mass is 10.1. The molecule has 0 aliphatic heterocycles. The fourth-order valence-electron chi connectivity index (χ4n) is 1.01. The van der Waals surface area contributed by atoms with Crippen molar-refractivity contribution in [3.05, 3.63) is 24.3 Å². The molecule has 0 aliphatic carbocycles. The first kappa shape index (κ1) is 11.4. The second kappa shape index (κ2) is 8.54. The Morgan fingerprint density at radius 2 is 2.17 bits per heavy atom. The molecule has 0 unspecified atom stereocenters. The van der Waals surface area contributed by atoms with Gasteiger partial charge in [-0.05, 0) is 25.3 Å². The van der Waals surface area contributed by atoms with E-state index < -0.39 is 0 Å². The number of unbranched alkanes of at least 4 members (excludes halogenated alkanes) is 1. The van der Waals surface area contributed by atoms with Crippen LogP contribution >= 0.6 is 0 Å². The summed E-state index contributed by atoms with van der Waals surface area (Å²) < 4.78 is 5.33. The minimum absolute atomic E-state index is 0.766. The highest BCUT2D eigenvalue weighted by atomic mass is 16.5. The van der Waals surface area contributed by atoms with Crippen LogP contribution in [0.5, 0.6) is 0 Å². The largest absolute Gasteiger partial charge is 0.377 e. The van der Waals surface area contributed by atoms with Gasteiger partial charge in [0.05, 0.1) is 6.61 Å². The van der Waals surface area contributed by atoms with Crippen LogP contribution in [0.25, 0.3) is 0 Å². The molecule has 12 heavy (non-hydrogen) atoms. The molecule has 0 saturated carbocycles. The van der Waals surface area contributed by atoms with Crippen LogP contribution in [-0.2, 0) is 4.74 Å². The summed E-state index contributed by atoms with van der Waals surface area (Å²) >= 11 is 0. The summed E-state index contributed by atoms with van der Waals surface area (Å²) in [6.45, 7) is 9.46. The van der Waals surface area contributed by atoms with E-state index in [1.54, 1.807) is 0 Å². The molecule has 0 heterocycles. The molecule has 0 aromatic heterocycles. The fourth-order valence-corrected chi connectivity index (χ4v) is 1.01. The molecule has 0 bridgehead atoms. The molecule has 0 atom stereocenters. The summed E-state index contributed by atoms with van der Waals surface area (Å²) in [7, 11) is 0. The molecule has 0 aliphatic rings. The van der Waals surface area contributed by atoms with Gasteiger partial charge in [0.2, 0.25) is 0 Å². The van der Waals surface area contributed by atoms with Crippen molar-refractivity contribution in [1.29, 1.82) is 0 Å². The van der Waals surface area contributed by atoms with Gasteiger partial charge >= 0.3 is 0 Å². The maximum Gasteiger partial charge on any atom is 0.0679 e. The van der Waals surface area contributed by atoms with Crippen LogP contribution in [0.3, 0.4) is 0 Å². The molecule has 0 amide bonds. The van der Waals surface area contributed by atoms with Gasteiger partial charge in [0.1, 0.15) is 0 Å². The molecule has 0 aromatic rings. The maximum absolute atomic E-state index is 5.33. The predicted octanol–water partition coefficient (Wildman–Crippen LogP) is 3.33. The van der Waals surface area contributed by atoms with E-state index >= 15 is 0 Å². The van der Waals surface area contributed by atoms with E-state index in [1.165, 1.54) is 18.4 Å². The molecule has 0 fully saturated rings. The quantitative estimate of drug-likeness (QED) is 0.530. The van der Waals surface area contributed by atoms with E-state index in [-0.39, 0.29) is 0 Å². The van der Waals surface area contributed by atoms with Gasteiger partial charge in [-0.3, -0.25) is 0 Å². The van der Waals surface area contributed by atoms with Crippen molar-refractivity contribution >= 4 is 0 Å². The standard InChI is InChI=1S/C11H20O/c1-4-7-9-11(8-5-2)10-12-6-3/h5,8H,2,4,6-7,9-10H2,1,3H3. The lowest BCUT2D eigenvalue weighted by Crippen LogP contribution is -1.97. The normalized spacial score (nSPS) is 11.7. The molecule has 0 rings (SSSR count). The summed E-state index contributed by atoms with van der Waals surface area (Å²) in [5.41, 5.74) is 1.36. The minimum atomic E-state index is 0.766. The van der Waals surface area contributed by atoms with Crippen LogP contribution in [0, 0.1) is 0 Å². The smallest absolute Gasteiger partial charge is 0.0679 e. The Morgan fingerprint density at radius 1 is 1.42 bits per heavy atom. The molecule has 1 nitrogen and oxygen atoms in total. The highest BCUT2D eigenvalue weighted by molar-refractivity contribution is 5.10. The molecule has 0 spiro atoms. The van der Waals surface area contributed by atoms with Crippen molar-refractivity contribution in [1.82, 2.24) is 0 Å². The lowest BCUT2D eigenvalue weighted by Gasteiger charge is -2.05. The van der Waals surface area contributed by atoms with Gasteiger partial charge in [-0.25, -0.2) is 0 Å². The molecular weight excluding hydrogens is 148 g/mol. The average molecular weight is 168 g/mol.